The maximum Gasteiger partial charge on any atom is 0.405 e. The first-order valence-corrected chi connectivity index (χ1v) is 13.2. The molecule has 12 heteroatoms. The number of benzene rings is 2. The first-order valence-electron chi connectivity index (χ1n) is 13.2. The van der Waals surface area contributed by atoms with Crippen molar-refractivity contribution in [3.05, 3.63) is 76.6 Å². The van der Waals surface area contributed by atoms with E-state index in [9.17, 15) is 22.4 Å². The molecule has 1 saturated heterocycles. The van der Waals surface area contributed by atoms with Crippen LogP contribution in [0.3, 0.4) is 0 Å². The molecule has 2 aliphatic rings. The Morgan fingerprint density at radius 3 is 2.59 bits per heavy atom. The Kier molecular flexibility index (Phi) is 7.95. The van der Waals surface area contributed by atoms with Gasteiger partial charge in [0.1, 0.15) is 36.1 Å². The van der Waals surface area contributed by atoms with Crippen molar-refractivity contribution in [1.29, 1.82) is 0 Å². The summed E-state index contributed by atoms with van der Waals surface area (Å²) in [5, 5.41) is 0.588. The zero-order chi connectivity index (χ0) is 29.5. The van der Waals surface area contributed by atoms with E-state index in [2.05, 4.69) is 11.6 Å². The van der Waals surface area contributed by atoms with Gasteiger partial charge >= 0.3 is 12.1 Å². The van der Waals surface area contributed by atoms with E-state index in [0.29, 0.717) is 48.9 Å². The fraction of sp³-hybridized carbons (Fsp3) is 0.414. The number of aromatic nitrogens is 1. The van der Waals surface area contributed by atoms with Gasteiger partial charge in [-0.3, -0.25) is 9.29 Å². The lowest BCUT2D eigenvalue weighted by Gasteiger charge is -2.39. The van der Waals surface area contributed by atoms with Gasteiger partial charge in [0.25, 0.3) is 0 Å². The summed E-state index contributed by atoms with van der Waals surface area (Å²) in [4.78, 5) is 17.9. The van der Waals surface area contributed by atoms with Gasteiger partial charge in [-0.05, 0) is 30.5 Å². The number of rotatable bonds is 8. The fourth-order valence-corrected chi connectivity index (χ4v) is 5.75. The molecule has 2 atom stereocenters. The number of hydrogen-bond acceptors (Lipinski definition) is 5. The number of likely N-dealkylation sites (tertiary alicyclic amines) is 1. The first-order chi connectivity index (χ1) is 19.5. The molecule has 3 heterocycles. The van der Waals surface area contributed by atoms with Crippen LogP contribution in [0.1, 0.15) is 47.5 Å². The third kappa shape index (κ3) is 5.88. The molecule has 1 aromatic heterocycles. The van der Waals surface area contributed by atoms with Crippen molar-refractivity contribution in [2.75, 3.05) is 40.0 Å². The van der Waals surface area contributed by atoms with Crippen LogP contribution in [0.4, 0.5) is 26.3 Å². The van der Waals surface area contributed by atoms with E-state index < -0.39 is 48.6 Å². The normalized spacial score (nSPS) is 19.6. The third-order valence-electron chi connectivity index (χ3n) is 7.55. The molecule has 6 nitrogen and oxygen atoms in total. The number of methoxy groups -OCH3 is 1. The molecule has 0 bridgehead atoms. The van der Waals surface area contributed by atoms with E-state index >= 15 is 8.78 Å². The Hall–Kier alpha value is -3.67. The molecule has 0 radical (unpaired) electrons. The average molecular weight is 584 g/mol. The second-order valence-electron chi connectivity index (χ2n) is 10.3. The lowest BCUT2D eigenvalue weighted by molar-refractivity contribution is -0.145. The molecule has 41 heavy (non-hydrogen) atoms. The molecule has 0 amide bonds. The summed E-state index contributed by atoms with van der Waals surface area (Å²) in [6.45, 7) is 3.57. The van der Waals surface area contributed by atoms with Gasteiger partial charge in [0, 0.05) is 61.9 Å². The minimum absolute atomic E-state index is 0. The Bertz CT molecular complexity index is 1450. The molecule has 0 saturated carbocycles. The first kappa shape index (κ1) is 28.8. The molecule has 1 N–H and O–H groups in total. The summed E-state index contributed by atoms with van der Waals surface area (Å²) in [5.74, 6) is -2.84. The summed E-state index contributed by atoms with van der Waals surface area (Å²) >= 11 is 0. The molecular formula is C29H31F6N3O3. The van der Waals surface area contributed by atoms with Gasteiger partial charge in [0.2, 0.25) is 0 Å². The van der Waals surface area contributed by atoms with Crippen molar-refractivity contribution in [2.45, 2.75) is 37.6 Å². The van der Waals surface area contributed by atoms with E-state index in [1.165, 1.54) is 19.2 Å². The standard InChI is InChI=1S/C29H29F6N3O3.H2/c1-16-10-21-20-5-4-17(28(39)40-2)11-24(20)36-26(21)27(38(16)15-29(33,34)35)25-22(31)12-19(13-23(25)32)41-18-6-9-37(14-18)8-3-7-30;/h4-5,11-13,18,27,36H,1,3,6-10,14-15H2,2H3;1H/t18-,27+;/m0./s1. The highest BCUT2D eigenvalue weighted by Gasteiger charge is 2.42. The predicted octanol–water partition coefficient (Wildman–Crippen LogP) is 6.31. The van der Waals surface area contributed by atoms with Gasteiger partial charge in [-0.25, -0.2) is 13.6 Å². The molecule has 3 aromatic rings. The number of hydrogen-bond donors (Lipinski definition) is 1. The Morgan fingerprint density at radius 2 is 1.93 bits per heavy atom. The van der Waals surface area contributed by atoms with Crippen LogP contribution < -0.4 is 4.74 Å². The van der Waals surface area contributed by atoms with Crippen molar-refractivity contribution in [2.24, 2.45) is 0 Å². The van der Waals surface area contributed by atoms with Gasteiger partial charge in [0.15, 0.2) is 0 Å². The van der Waals surface area contributed by atoms with Crippen molar-refractivity contribution in [1.82, 2.24) is 14.8 Å². The van der Waals surface area contributed by atoms with Crippen LogP contribution in [0.2, 0.25) is 0 Å². The number of halogens is 6. The summed E-state index contributed by atoms with van der Waals surface area (Å²) in [5.41, 5.74) is 0.766. The number of alkyl halides is 4. The molecule has 222 valence electrons. The summed E-state index contributed by atoms with van der Waals surface area (Å²) < 4.78 is 95.6. The highest BCUT2D eigenvalue weighted by atomic mass is 19.4. The Balaban J connectivity index is 0.00000405. The van der Waals surface area contributed by atoms with Gasteiger partial charge in [-0.15, -0.1) is 0 Å². The number of nitrogens with zero attached hydrogens (tertiary/aromatic N) is 2. The summed E-state index contributed by atoms with van der Waals surface area (Å²) in [6.07, 6.45) is -4.07. The summed E-state index contributed by atoms with van der Waals surface area (Å²) in [7, 11) is 1.22. The minimum atomic E-state index is -4.69. The van der Waals surface area contributed by atoms with Crippen LogP contribution in [0.15, 0.2) is 42.6 Å². The van der Waals surface area contributed by atoms with Crippen LogP contribution in [-0.2, 0) is 11.2 Å². The largest absolute Gasteiger partial charge is 0.489 e. The number of fused-ring (bicyclic) bond motifs is 3. The smallest absolute Gasteiger partial charge is 0.405 e. The number of nitrogens with one attached hydrogen (secondary N) is 1. The zero-order valence-corrected chi connectivity index (χ0v) is 22.3. The van der Waals surface area contributed by atoms with Gasteiger partial charge < -0.3 is 19.4 Å². The predicted molar refractivity (Wildman–Crippen MR) is 142 cm³/mol. The van der Waals surface area contributed by atoms with Crippen LogP contribution in [0, 0.1) is 11.6 Å². The average Bonchev–Trinajstić information content (AvgIpc) is 3.51. The quantitative estimate of drug-likeness (QED) is 0.249. The van der Waals surface area contributed by atoms with Crippen LogP contribution in [0.25, 0.3) is 10.9 Å². The fourth-order valence-electron chi connectivity index (χ4n) is 5.75. The molecule has 1 fully saturated rings. The van der Waals surface area contributed by atoms with E-state index in [4.69, 9.17) is 9.47 Å². The summed E-state index contributed by atoms with van der Waals surface area (Å²) in [6, 6.07) is 5.04. The monoisotopic (exact) mass is 583 g/mol. The number of carbonyl (C=O) groups is 1. The molecule has 2 aromatic carbocycles. The molecule has 0 aliphatic carbocycles. The number of esters is 1. The van der Waals surface area contributed by atoms with Crippen molar-refractivity contribution >= 4 is 16.9 Å². The SMILES string of the molecule is C=C1Cc2c([nH]c3cc(C(=O)OC)ccc23)[C@@H](c2c(F)cc(O[C@H]3CCN(CCCF)C3)cc2F)N1CC(F)(F)F.[HH]. The molecular weight excluding hydrogens is 552 g/mol. The van der Waals surface area contributed by atoms with E-state index in [0.717, 1.165) is 17.0 Å². The number of aromatic amines is 1. The Labute approximate surface area is 234 Å². The van der Waals surface area contributed by atoms with Crippen LogP contribution >= 0.6 is 0 Å². The van der Waals surface area contributed by atoms with E-state index in [1.54, 1.807) is 6.07 Å². The Morgan fingerprint density at radius 1 is 1.20 bits per heavy atom. The van der Waals surface area contributed by atoms with Crippen molar-refractivity contribution in [3.8, 4) is 5.75 Å². The van der Waals surface area contributed by atoms with E-state index in [1.807, 2.05) is 4.90 Å². The van der Waals surface area contributed by atoms with Crippen molar-refractivity contribution < 1.29 is 42.0 Å². The second kappa shape index (κ2) is 11.3. The van der Waals surface area contributed by atoms with Crippen LogP contribution in [0.5, 0.6) is 5.75 Å². The maximum atomic E-state index is 15.7. The van der Waals surface area contributed by atoms with Gasteiger partial charge in [0.05, 0.1) is 24.9 Å². The molecule has 0 spiro atoms. The number of carbonyl (C=O) groups excluding carboxylic acids is 1. The lowest BCUT2D eigenvalue weighted by atomic mass is 9.90. The van der Waals surface area contributed by atoms with Crippen LogP contribution in [-0.4, -0.2) is 73.0 Å². The minimum Gasteiger partial charge on any atom is -0.489 e. The van der Waals surface area contributed by atoms with Gasteiger partial charge in [-0.2, -0.15) is 13.2 Å². The molecule has 5 rings (SSSR count). The topological polar surface area (TPSA) is 57.8 Å². The number of ether oxygens (including phenoxy) is 2. The maximum absolute atomic E-state index is 15.7. The number of allylic oxidation sites excluding steroid dienone is 1. The number of H-pyrrole nitrogens is 1. The van der Waals surface area contributed by atoms with E-state index in [-0.39, 0.29) is 36.7 Å². The lowest BCUT2D eigenvalue weighted by Crippen LogP contribution is -2.41. The highest BCUT2D eigenvalue weighted by Crippen LogP contribution is 2.45. The molecule has 0 unspecified atom stereocenters. The highest BCUT2D eigenvalue weighted by molar-refractivity contribution is 5.96. The molecule has 2 aliphatic heterocycles. The zero-order valence-electron chi connectivity index (χ0n) is 22.3. The third-order valence-corrected chi connectivity index (χ3v) is 7.55. The van der Waals surface area contributed by atoms with Gasteiger partial charge in [-0.1, -0.05) is 12.6 Å². The van der Waals surface area contributed by atoms with Crippen molar-refractivity contribution in [3.63, 3.8) is 0 Å². The second-order valence-corrected chi connectivity index (χ2v) is 10.3.